The Morgan fingerprint density at radius 3 is 2.70 bits per heavy atom. The molecule has 0 fully saturated rings. The highest BCUT2D eigenvalue weighted by molar-refractivity contribution is 5.68. The average molecular weight is 362 g/mol. The molecule has 0 aliphatic carbocycles. The van der Waals surface area contributed by atoms with Crippen LogP contribution in [-0.2, 0) is 0 Å². The summed E-state index contributed by atoms with van der Waals surface area (Å²) < 4.78 is 7.75. The van der Waals surface area contributed by atoms with Crippen LogP contribution in [-0.4, -0.2) is 30.7 Å². The molecule has 4 aromatic rings. The summed E-state index contributed by atoms with van der Waals surface area (Å²) >= 11 is 0. The number of benzene rings is 1. The number of nitrogens with zero attached hydrogens (tertiary/aromatic N) is 4. The lowest BCUT2D eigenvalue weighted by Gasteiger charge is -2.12. The van der Waals surface area contributed by atoms with Crippen molar-refractivity contribution in [1.29, 1.82) is 0 Å². The van der Waals surface area contributed by atoms with Crippen LogP contribution in [0.3, 0.4) is 0 Å². The Hall–Kier alpha value is -3.35. The maximum Gasteiger partial charge on any atom is 0.215 e. The predicted molar refractivity (Wildman–Crippen MR) is 106 cm³/mol. The van der Waals surface area contributed by atoms with E-state index >= 15 is 0 Å². The molecule has 0 aliphatic heterocycles. The van der Waals surface area contributed by atoms with E-state index in [0.29, 0.717) is 11.8 Å². The highest BCUT2D eigenvalue weighted by Crippen LogP contribution is 2.27. The van der Waals surface area contributed by atoms with Crippen LogP contribution in [0.15, 0.2) is 42.6 Å². The van der Waals surface area contributed by atoms with E-state index in [4.69, 9.17) is 9.72 Å². The van der Waals surface area contributed by atoms with E-state index in [2.05, 4.69) is 20.5 Å². The molecule has 0 saturated heterocycles. The summed E-state index contributed by atoms with van der Waals surface area (Å²) in [6.07, 6.45) is 2.07. The number of nitrogens with one attached hydrogen (secondary N) is 2. The highest BCUT2D eigenvalue weighted by atomic mass is 16.5. The topological polar surface area (TPSA) is 80.1 Å². The van der Waals surface area contributed by atoms with Crippen molar-refractivity contribution in [1.82, 2.24) is 24.6 Å². The fourth-order valence-corrected chi connectivity index (χ4v) is 2.94. The van der Waals surface area contributed by atoms with Crippen molar-refractivity contribution in [3.8, 4) is 17.0 Å². The van der Waals surface area contributed by atoms with Gasteiger partial charge >= 0.3 is 0 Å². The summed E-state index contributed by atoms with van der Waals surface area (Å²) in [6, 6.07) is 11.8. The molecule has 0 amide bonds. The van der Waals surface area contributed by atoms with Crippen LogP contribution in [0.1, 0.15) is 25.2 Å². The molecular formula is C20H22N6O. The van der Waals surface area contributed by atoms with Gasteiger partial charge in [0, 0.05) is 29.6 Å². The van der Waals surface area contributed by atoms with Gasteiger partial charge in [-0.15, -0.1) is 0 Å². The number of aryl methyl sites for hydroxylation is 2. The maximum atomic E-state index is 5.82. The van der Waals surface area contributed by atoms with Gasteiger partial charge in [-0.05, 0) is 39.8 Å². The number of anilines is 2. The molecule has 27 heavy (non-hydrogen) atoms. The van der Waals surface area contributed by atoms with Crippen molar-refractivity contribution in [2.45, 2.75) is 33.8 Å². The second-order valence-corrected chi connectivity index (χ2v) is 6.83. The SMILES string of the molecule is Cc1cn2c(Nc3cc(C)[nH]n3)nc(-c3cccc(OC(C)C)c3)cc2n1. The van der Waals surface area contributed by atoms with E-state index in [1.807, 2.05) is 74.7 Å². The van der Waals surface area contributed by atoms with Crippen molar-refractivity contribution in [3.63, 3.8) is 0 Å². The molecule has 7 nitrogen and oxygen atoms in total. The van der Waals surface area contributed by atoms with Gasteiger partial charge in [0.25, 0.3) is 0 Å². The lowest BCUT2D eigenvalue weighted by molar-refractivity contribution is 0.242. The van der Waals surface area contributed by atoms with Gasteiger partial charge in [0.05, 0.1) is 17.5 Å². The molecule has 0 spiro atoms. The first-order valence-corrected chi connectivity index (χ1v) is 8.91. The molecule has 0 radical (unpaired) electrons. The lowest BCUT2D eigenvalue weighted by Crippen LogP contribution is -2.05. The van der Waals surface area contributed by atoms with Crippen LogP contribution >= 0.6 is 0 Å². The average Bonchev–Trinajstić information content (AvgIpc) is 3.19. The van der Waals surface area contributed by atoms with Gasteiger partial charge in [-0.3, -0.25) is 9.50 Å². The number of aromatic nitrogens is 5. The monoisotopic (exact) mass is 362 g/mol. The number of hydrogen-bond donors (Lipinski definition) is 2. The molecule has 138 valence electrons. The molecule has 3 heterocycles. The Balaban J connectivity index is 1.79. The third-order valence-corrected chi connectivity index (χ3v) is 4.02. The smallest absolute Gasteiger partial charge is 0.215 e. The molecule has 0 atom stereocenters. The standard InChI is InChI=1S/C20H22N6O/c1-12(2)27-16-7-5-6-15(9-16)17-10-19-21-14(4)11-26(19)20(22-17)23-18-8-13(3)24-25-18/h5-12H,1-4H3,(H2,22,23,24,25). The summed E-state index contributed by atoms with van der Waals surface area (Å²) in [5.74, 6) is 2.19. The van der Waals surface area contributed by atoms with Crippen LogP contribution in [0.25, 0.3) is 16.9 Å². The number of H-pyrrole nitrogens is 1. The number of fused-ring (bicyclic) bond motifs is 1. The van der Waals surface area contributed by atoms with E-state index in [-0.39, 0.29) is 6.10 Å². The third-order valence-electron chi connectivity index (χ3n) is 4.02. The van der Waals surface area contributed by atoms with Crippen LogP contribution in [0.5, 0.6) is 5.75 Å². The molecule has 1 aromatic carbocycles. The van der Waals surface area contributed by atoms with Gasteiger partial charge in [0.1, 0.15) is 11.4 Å². The molecule has 7 heteroatoms. The summed E-state index contributed by atoms with van der Waals surface area (Å²) in [6.45, 7) is 7.95. The minimum atomic E-state index is 0.116. The summed E-state index contributed by atoms with van der Waals surface area (Å²) in [7, 11) is 0. The highest BCUT2D eigenvalue weighted by Gasteiger charge is 2.12. The Labute approximate surface area is 157 Å². The predicted octanol–water partition coefficient (Wildman–Crippen LogP) is 4.27. The maximum absolute atomic E-state index is 5.82. The Morgan fingerprint density at radius 1 is 1.11 bits per heavy atom. The molecule has 0 saturated carbocycles. The third kappa shape index (κ3) is 3.62. The first-order valence-electron chi connectivity index (χ1n) is 8.91. The van der Waals surface area contributed by atoms with Gasteiger partial charge < -0.3 is 10.1 Å². The second kappa shape index (κ2) is 6.75. The molecular weight excluding hydrogens is 340 g/mol. The van der Waals surface area contributed by atoms with Gasteiger partial charge in [-0.25, -0.2) is 9.97 Å². The Morgan fingerprint density at radius 2 is 1.96 bits per heavy atom. The number of ether oxygens (including phenoxy) is 1. The quantitative estimate of drug-likeness (QED) is 0.554. The summed E-state index contributed by atoms with van der Waals surface area (Å²) in [4.78, 5) is 9.41. The Kier molecular flexibility index (Phi) is 4.27. The zero-order valence-electron chi connectivity index (χ0n) is 15.8. The van der Waals surface area contributed by atoms with Crippen molar-refractivity contribution < 1.29 is 4.74 Å². The van der Waals surface area contributed by atoms with Crippen LogP contribution in [0, 0.1) is 13.8 Å². The van der Waals surface area contributed by atoms with Crippen molar-refractivity contribution in [3.05, 3.63) is 54.0 Å². The number of rotatable bonds is 5. The fourth-order valence-electron chi connectivity index (χ4n) is 2.94. The van der Waals surface area contributed by atoms with Gasteiger partial charge in [0.15, 0.2) is 5.82 Å². The van der Waals surface area contributed by atoms with Gasteiger partial charge in [0.2, 0.25) is 5.95 Å². The van der Waals surface area contributed by atoms with Gasteiger partial charge in [-0.1, -0.05) is 12.1 Å². The van der Waals surface area contributed by atoms with Crippen molar-refractivity contribution >= 4 is 17.4 Å². The first kappa shape index (κ1) is 17.1. The lowest BCUT2D eigenvalue weighted by atomic mass is 10.1. The first-order chi connectivity index (χ1) is 13.0. The second-order valence-electron chi connectivity index (χ2n) is 6.83. The van der Waals surface area contributed by atoms with E-state index in [1.165, 1.54) is 0 Å². The van der Waals surface area contributed by atoms with E-state index in [1.54, 1.807) is 0 Å². The molecule has 2 N–H and O–H groups in total. The van der Waals surface area contributed by atoms with Gasteiger partial charge in [-0.2, -0.15) is 5.10 Å². The van der Waals surface area contributed by atoms with Crippen LogP contribution < -0.4 is 10.1 Å². The zero-order chi connectivity index (χ0) is 19.0. The number of aromatic amines is 1. The largest absolute Gasteiger partial charge is 0.491 e. The van der Waals surface area contributed by atoms with E-state index in [0.717, 1.165) is 34.0 Å². The van der Waals surface area contributed by atoms with Crippen LogP contribution in [0.4, 0.5) is 11.8 Å². The zero-order valence-corrected chi connectivity index (χ0v) is 15.8. The van der Waals surface area contributed by atoms with Crippen molar-refractivity contribution in [2.24, 2.45) is 0 Å². The summed E-state index contributed by atoms with van der Waals surface area (Å²) in [5.41, 5.74) is 4.51. The fraction of sp³-hybridized carbons (Fsp3) is 0.250. The molecule has 4 rings (SSSR count). The van der Waals surface area contributed by atoms with Crippen LogP contribution in [0.2, 0.25) is 0 Å². The summed E-state index contributed by atoms with van der Waals surface area (Å²) in [5, 5.41) is 10.5. The van der Waals surface area contributed by atoms with E-state index < -0.39 is 0 Å². The minimum Gasteiger partial charge on any atom is -0.491 e. The number of imidazole rings is 1. The van der Waals surface area contributed by atoms with Crippen molar-refractivity contribution in [2.75, 3.05) is 5.32 Å². The Bertz CT molecular complexity index is 1100. The van der Waals surface area contributed by atoms with E-state index in [9.17, 15) is 0 Å². The normalized spacial score (nSPS) is 11.3. The molecule has 3 aromatic heterocycles. The molecule has 0 unspecified atom stereocenters. The minimum absolute atomic E-state index is 0.116. The number of hydrogen-bond acceptors (Lipinski definition) is 5. The molecule has 0 bridgehead atoms. The molecule has 0 aliphatic rings.